The van der Waals surface area contributed by atoms with Gasteiger partial charge in [-0.25, -0.2) is 3.53 Å². The zero-order valence-electron chi connectivity index (χ0n) is 44.1. The largest absolute Gasteiger partial charge is 0.481 e. The van der Waals surface area contributed by atoms with E-state index in [1.54, 1.807) is 11.8 Å². The Morgan fingerprint density at radius 3 is 1.38 bits per heavy atom. The van der Waals surface area contributed by atoms with Crippen LogP contribution in [0.5, 0.6) is 0 Å². The van der Waals surface area contributed by atoms with Gasteiger partial charge >= 0.3 is 17.9 Å². The van der Waals surface area contributed by atoms with Crippen LogP contribution in [0.4, 0.5) is 0 Å². The topological polar surface area (TPSA) is 306 Å². The third-order valence-corrected chi connectivity index (χ3v) is 12.1. The summed E-state index contributed by atoms with van der Waals surface area (Å²) in [4.78, 5) is 87.8. The normalized spacial score (nSPS) is 11.7. The summed E-state index contributed by atoms with van der Waals surface area (Å²) in [5, 5.41) is 36.8. The minimum Gasteiger partial charge on any atom is -0.481 e. The monoisotopic (exact) mass is 1220 g/mol. The lowest BCUT2D eigenvalue weighted by molar-refractivity contribution is -0.140. The second-order valence-corrected chi connectivity index (χ2v) is 18.4. The SMILES string of the molecule is CC.CNC(CCC(=O)NCCOCCOCC(=O)NCCOCCOCC(=O)NCCCCC(NS)C(=O)O)C(=O)O.CSCC(NI)C(=O)S.O=CCCCCCCCCCCCCCCCCC(=O)O. The van der Waals surface area contributed by atoms with Crippen molar-refractivity contribution < 1.29 is 72.6 Å². The first-order valence-corrected chi connectivity index (χ1v) is 28.9. The molecular weight excluding hydrogens is 1120 g/mol. The number of carboxylic acid groups (broad SMARTS) is 3. The molecule has 3 atom stereocenters. The number of nitrogens with one attached hydrogen (secondary N) is 6. The fourth-order valence-electron chi connectivity index (χ4n) is 6.04. The molecule has 0 saturated heterocycles. The number of amides is 3. The fourth-order valence-corrected chi connectivity index (χ4v) is 8.17. The molecule has 73 heavy (non-hydrogen) atoms. The predicted molar refractivity (Wildman–Crippen MR) is 302 cm³/mol. The summed E-state index contributed by atoms with van der Waals surface area (Å²) < 4.78 is 26.3. The molecule has 0 heterocycles. The van der Waals surface area contributed by atoms with Gasteiger partial charge in [0, 0.05) is 67.5 Å². The minimum atomic E-state index is -1.00. The Morgan fingerprint density at radius 2 is 1.00 bits per heavy atom. The van der Waals surface area contributed by atoms with Crippen LogP contribution in [0.2, 0.25) is 0 Å². The van der Waals surface area contributed by atoms with Gasteiger partial charge in [-0.05, 0) is 51.8 Å². The van der Waals surface area contributed by atoms with E-state index < -0.39 is 30.0 Å². The van der Waals surface area contributed by atoms with Crippen LogP contribution < -0.4 is 29.5 Å². The Hall–Kier alpha value is -2.34. The van der Waals surface area contributed by atoms with Crippen LogP contribution in [0, 0.1) is 0 Å². The summed E-state index contributed by atoms with van der Waals surface area (Å²) in [6, 6.07) is -1.59. The van der Waals surface area contributed by atoms with E-state index >= 15 is 0 Å². The first-order chi connectivity index (χ1) is 35.2. The molecule has 0 aromatic rings. The van der Waals surface area contributed by atoms with Crippen molar-refractivity contribution in [2.24, 2.45) is 0 Å². The number of aldehydes is 1. The average Bonchev–Trinajstić information content (AvgIpc) is 3.36. The molecule has 0 saturated carbocycles. The Kier molecular flexibility index (Phi) is 65.7. The van der Waals surface area contributed by atoms with Gasteiger partial charge in [-0.2, -0.15) is 11.8 Å². The third-order valence-electron chi connectivity index (χ3n) is 10.1. The van der Waals surface area contributed by atoms with E-state index in [0.29, 0.717) is 32.2 Å². The van der Waals surface area contributed by atoms with Crippen LogP contribution in [0.1, 0.15) is 149 Å². The number of aliphatic carboxylic acids is 3. The minimum absolute atomic E-state index is 0.0884. The molecule has 0 aromatic heterocycles. The molecule has 21 nitrogen and oxygen atoms in total. The lowest BCUT2D eigenvalue weighted by atomic mass is 10.0. The molecule has 0 aliphatic rings. The maximum absolute atomic E-state index is 11.7. The van der Waals surface area contributed by atoms with Crippen LogP contribution in [0.25, 0.3) is 0 Å². The van der Waals surface area contributed by atoms with Crippen molar-refractivity contribution in [3.8, 4) is 0 Å². The number of carboxylic acids is 3. The lowest BCUT2D eigenvalue weighted by Gasteiger charge is -2.11. The number of carbonyl (C=O) groups excluding carboxylic acids is 5. The van der Waals surface area contributed by atoms with Gasteiger partial charge in [-0.1, -0.05) is 104 Å². The third kappa shape index (κ3) is 62.1. The van der Waals surface area contributed by atoms with E-state index in [9.17, 15) is 38.4 Å². The van der Waals surface area contributed by atoms with E-state index in [0.717, 1.165) is 37.7 Å². The van der Waals surface area contributed by atoms with Crippen LogP contribution in [0.3, 0.4) is 0 Å². The van der Waals surface area contributed by atoms with Crippen molar-refractivity contribution in [3.63, 3.8) is 0 Å². The van der Waals surface area contributed by atoms with Crippen LogP contribution in [-0.4, -0.2) is 172 Å². The van der Waals surface area contributed by atoms with Gasteiger partial charge in [0.25, 0.3) is 0 Å². The van der Waals surface area contributed by atoms with Crippen molar-refractivity contribution in [1.29, 1.82) is 0 Å². The molecule has 0 radical (unpaired) electrons. The Labute approximate surface area is 465 Å². The van der Waals surface area contributed by atoms with Gasteiger partial charge in [0.1, 0.15) is 31.6 Å². The average molecular weight is 1220 g/mol. The van der Waals surface area contributed by atoms with Crippen LogP contribution >= 0.6 is 60.1 Å². The molecule has 3 amide bonds. The van der Waals surface area contributed by atoms with Gasteiger partial charge in [-0.15, -0.1) is 12.6 Å². The highest BCUT2D eigenvalue weighted by atomic mass is 127. The molecule has 0 fully saturated rings. The van der Waals surface area contributed by atoms with Crippen molar-refractivity contribution in [1.82, 2.24) is 29.5 Å². The Bertz CT molecular complexity index is 1370. The van der Waals surface area contributed by atoms with Gasteiger partial charge in [0.2, 0.25) is 22.8 Å². The Balaban J connectivity index is -0.000000612. The molecule has 0 spiro atoms. The predicted octanol–water partition coefficient (Wildman–Crippen LogP) is 5.56. The summed E-state index contributed by atoms with van der Waals surface area (Å²) in [6.07, 6.45) is 23.2. The van der Waals surface area contributed by atoms with E-state index in [1.165, 1.54) is 77.7 Å². The molecule has 3 unspecified atom stereocenters. The number of thiol groups is 2. The summed E-state index contributed by atoms with van der Waals surface area (Å²) in [6.45, 7) is 6.16. The highest BCUT2D eigenvalue weighted by Gasteiger charge is 2.16. The highest BCUT2D eigenvalue weighted by molar-refractivity contribution is 14.1. The maximum Gasteiger partial charge on any atom is 0.321 e. The summed E-state index contributed by atoms with van der Waals surface area (Å²) in [5.41, 5.74) is 0. The molecule has 430 valence electrons. The maximum atomic E-state index is 11.7. The van der Waals surface area contributed by atoms with E-state index in [2.05, 4.69) is 55.0 Å². The number of hydrogen-bond acceptors (Lipinski definition) is 17. The number of thioether (sulfide) groups is 1. The number of carbonyl (C=O) groups is 8. The van der Waals surface area contributed by atoms with Gasteiger partial charge in [-0.3, -0.25) is 38.3 Å². The van der Waals surface area contributed by atoms with Gasteiger partial charge in [0.05, 0.1) is 45.7 Å². The molecule has 9 N–H and O–H groups in total. The van der Waals surface area contributed by atoms with Gasteiger partial charge in [0.15, 0.2) is 0 Å². The van der Waals surface area contributed by atoms with E-state index in [1.807, 2.05) is 43.0 Å². The lowest BCUT2D eigenvalue weighted by Crippen LogP contribution is -2.36. The Morgan fingerprint density at radius 1 is 0.562 bits per heavy atom. The second kappa shape index (κ2) is 62.2. The van der Waals surface area contributed by atoms with Crippen LogP contribution in [-0.2, 0) is 57.3 Å². The second-order valence-electron chi connectivity index (χ2n) is 16.1. The molecule has 25 heteroatoms. The number of hydrogen-bond donors (Lipinski definition) is 11. The number of halogens is 1. The number of likely N-dealkylation sites (N-methyl/N-ethyl adjacent to an activating group) is 1. The molecule has 0 aromatic carbocycles. The van der Waals surface area contributed by atoms with Crippen molar-refractivity contribution in [2.45, 2.75) is 167 Å². The number of ether oxygens (including phenoxy) is 4. The van der Waals surface area contributed by atoms with E-state index in [4.69, 9.17) is 34.3 Å². The van der Waals surface area contributed by atoms with E-state index in [-0.39, 0.29) is 108 Å². The highest BCUT2D eigenvalue weighted by Crippen LogP contribution is 2.14. The molecule has 0 aliphatic heterocycles. The van der Waals surface area contributed by atoms with Crippen molar-refractivity contribution in [3.05, 3.63) is 0 Å². The fraction of sp³-hybridized carbons (Fsp3) is 0.833. The number of unbranched alkanes of at least 4 members (excludes halogenated alkanes) is 15. The summed E-state index contributed by atoms with van der Waals surface area (Å²) >= 11 is 11.0. The van der Waals surface area contributed by atoms with Crippen LogP contribution in [0.15, 0.2) is 0 Å². The van der Waals surface area contributed by atoms with Gasteiger partial charge < -0.3 is 60.3 Å². The molecule has 0 bridgehead atoms. The number of rotatable bonds is 49. The first-order valence-electron chi connectivity index (χ1n) is 25.6. The van der Waals surface area contributed by atoms with Crippen molar-refractivity contribution in [2.75, 3.05) is 91.5 Å². The van der Waals surface area contributed by atoms with Crippen molar-refractivity contribution >= 4 is 107 Å². The first kappa shape index (κ1) is 77.2. The molecule has 0 aliphatic carbocycles. The smallest absolute Gasteiger partial charge is 0.321 e. The zero-order chi connectivity index (χ0) is 55.6. The summed E-state index contributed by atoms with van der Waals surface area (Å²) in [5.74, 6) is -2.70. The zero-order valence-corrected chi connectivity index (χ0v) is 48.8. The molecule has 0 rings (SSSR count). The summed E-state index contributed by atoms with van der Waals surface area (Å²) in [7, 11) is 1.52. The molecular formula is C48H93IN6O15S3. The standard InChI is InChI=1S/C24H45N5O11S.C18H34O3.C4H8INOS2.C2H6/c1-25-18(23(33)34)5-6-20(30)27-8-10-37-12-15-40-17-22(32)28-9-11-38-13-14-39-16-21(31)26-7-3-2-4-19(29-41)24(35)36;19-17-15-13-11-9-7-5-3-1-2-4-6-8-10-12-14-16-18(20)21;1-9-2-3(6-5)4(7)8;1-2/h18-19,25,29,41H,2-17H2,1H3,(H,26,31)(H,27,30)(H,28,32)(H,33,34)(H,35,36);17H,1-16H2,(H,20,21);3,6H,2H2,1H3,(H,7,8);1-2H3. The quantitative estimate of drug-likeness (QED) is 0.0117.